The van der Waals surface area contributed by atoms with E-state index in [2.05, 4.69) is 0 Å². The van der Waals surface area contributed by atoms with E-state index in [1.54, 1.807) is 12.1 Å². The van der Waals surface area contributed by atoms with Crippen molar-refractivity contribution in [3.05, 3.63) is 40.9 Å². The Hall–Kier alpha value is -1.28. The molecule has 74 valence electrons. The van der Waals surface area contributed by atoms with Gasteiger partial charge in [0.15, 0.2) is 0 Å². The number of rotatable bonds is 3. The van der Waals surface area contributed by atoms with Gasteiger partial charge in [-0.2, -0.15) is 0 Å². The van der Waals surface area contributed by atoms with Crippen LogP contribution in [-0.4, -0.2) is 11.1 Å². The van der Waals surface area contributed by atoms with Gasteiger partial charge < -0.3 is 5.11 Å². The average molecular weight is 211 g/mol. The molecule has 0 atom stereocenters. The molecule has 0 spiro atoms. The SMILES string of the molecule is C/C(=C/CC(=O)O)c1ccccc1Cl. The van der Waals surface area contributed by atoms with Gasteiger partial charge in [0.2, 0.25) is 0 Å². The zero-order chi connectivity index (χ0) is 10.6. The molecule has 3 heteroatoms. The number of allylic oxidation sites excluding steroid dienone is 1. The predicted octanol–water partition coefficient (Wildman–Crippen LogP) is 3.22. The molecule has 1 aromatic carbocycles. The fraction of sp³-hybridized carbons (Fsp3) is 0.182. The second-order valence-corrected chi connectivity index (χ2v) is 3.37. The standard InChI is InChI=1S/C11H11ClO2/c1-8(6-7-11(13)14)9-4-2-3-5-10(9)12/h2-6H,7H2,1H3,(H,13,14)/b8-6-. The Kier molecular flexibility index (Phi) is 3.72. The van der Waals surface area contributed by atoms with Gasteiger partial charge in [-0.1, -0.05) is 35.9 Å². The van der Waals surface area contributed by atoms with E-state index in [-0.39, 0.29) is 6.42 Å². The van der Waals surface area contributed by atoms with Crippen LogP contribution >= 0.6 is 11.6 Å². The summed E-state index contributed by atoms with van der Waals surface area (Å²) in [6.07, 6.45) is 1.68. The highest BCUT2D eigenvalue weighted by Crippen LogP contribution is 2.23. The summed E-state index contributed by atoms with van der Waals surface area (Å²) >= 11 is 5.95. The highest BCUT2D eigenvalue weighted by Gasteiger charge is 2.01. The lowest BCUT2D eigenvalue weighted by atomic mass is 10.1. The molecule has 1 N–H and O–H groups in total. The molecule has 0 bridgehead atoms. The fourth-order valence-electron chi connectivity index (χ4n) is 1.13. The smallest absolute Gasteiger partial charge is 0.307 e. The highest BCUT2D eigenvalue weighted by molar-refractivity contribution is 6.32. The zero-order valence-corrected chi connectivity index (χ0v) is 8.58. The van der Waals surface area contributed by atoms with Crippen LogP contribution in [0.3, 0.4) is 0 Å². The van der Waals surface area contributed by atoms with E-state index in [0.29, 0.717) is 5.02 Å². The third-order valence-corrected chi connectivity index (χ3v) is 2.21. The molecule has 1 rings (SSSR count). The Balaban J connectivity index is 2.89. The van der Waals surface area contributed by atoms with E-state index in [1.165, 1.54) is 0 Å². The van der Waals surface area contributed by atoms with Crippen molar-refractivity contribution in [3.63, 3.8) is 0 Å². The predicted molar refractivity (Wildman–Crippen MR) is 57.4 cm³/mol. The molecular formula is C11H11ClO2. The van der Waals surface area contributed by atoms with Crippen molar-refractivity contribution in [2.45, 2.75) is 13.3 Å². The second-order valence-electron chi connectivity index (χ2n) is 2.96. The van der Waals surface area contributed by atoms with E-state index in [4.69, 9.17) is 16.7 Å². The normalized spacial score (nSPS) is 11.4. The Labute approximate surface area is 87.8 Å². The number of halogens is 1. The zero-order valence-electron chi connectivity index (χ0n) is 7.83. The van der Waals surface area contributed by atoms with Crippen molar-refractivity contribution in [2.75, 3.05) is 0 Å². The van der Waals surface area contributed by atoms with Gasteiger partial charge in [0.1, 0.15) is 0 Å². The molecule has 0 saturated carbocycles. The third kappa shape index (κ3) is 2.89. The largest absolute Gasteiger partial charge is 0.481 e. The van der Waals surface area contributed by atoms with Crippen LogP contribution in [0.5, 0.6) is 0 Å². The first-order chi connectivity index (χ1) is 6.61. The molecule has 0 heterocycles. The van der Waals surface area contributed by atoms with Gasteiger partial charge in [-0.05, 0) is 24.1 Å². The van der Waals surface area contributed by atoms with Crippen LogP contribution in [0.15, 0.2) is 30.3 Å². The number of hydrogen-bond donors (Lipinski definition) is 1. The molecule has 0 aromatic heterocycles. The van der Waals surface area contributed by atoms with Gasteiger partial charge in [0.25, 0.3) is 0 Å². The van der Waals surface area contributed by atoms with Crippen molar-refractivity contribution in [2.24, 2.45) is 0 Å². The number of carboxylic acid groups (broad SMARTS) is 1. The summed E-state index contributed by atoms with van der Waals surface area (Å²) in [6.45, 7) is 1.85. The minimum absolute atomic E-state index is 0.0249. The lowest BCUT2D eigenvalue weighted by molar-refractivity contribution is -0.135. The highest BCUT2D eigenvalue weighted by atomic mass is 35.5. The first-order valence-electron chi connectivity index (χ1n) is 4.24. The maximum absolute atomic E-state index is 10.3. The summed E-state index contributed by atoms with van der Waals surface area (Å²) in [5.74, 6) is -0.837. The van der Waals surface area contributed by atoms with E-state index >= 15 is 0 Å². The van der Waals surface area contributed by atoms with Crippen molar-refractivity contribution >= 4 is 23.1 Å². The van der Waals surface area contributed by atoms with E-state index in [9.17, 15) is 4.79 Å². The Bertz CT molecular complexity index is 369. The number of carbonyl (C=O) groups is 1. The fourth-order valence-corrected chi connectivity index (χ4v) is 1.42. The molecule has 0 aliphatic carbocycles. The first kappa shape index (κ1) is 10.8. The quantitative estimate of drug-likeness (QED) is 0.832. The van der Waals surface area contributed by atoms with Gasteiger partial charge in [0.05, 0.1) is 6.42 Å². The summed E-state index contributed by atoms with van der Waals surface area (Å²) < 4.78 is 0. The van der Waals surface area contributed by atoms with Crippen LogP contribution in [0.4, 0.5) is 0 Å². The average Bonchev–Trinajstić information content (AvgIpc) is 2.15. The molecule has 1 aromatic rings. The number of hydrogen-bond acceptors (Lipinski definition) is 1. The van der Waals surface area contributed by atoms with E-state index in [1.807, 2.05) is 25.1 Å². The lowest BCUT2D eigenvalue weighted by Gasteiger charge is -2.03. The molecule has 0 fully saturated rings. The van der Waals surface area contributed by atoms with Crippen LogP contribution in [0.25, 0.3) is 5.57 Å². The molecule has 0 amide bonds. The molecule has 0 aliphatic rings. The minimum atomic E-state index is -0.837. The second kappa shape index (κ2) is 4.82. The topological polar surface area (TPSA) is 37.3 Å². The van der Waals surface area contributed by atoms with Gasteiger partial charge in [-0.3, -0.25) is 4.79 Å². The van der Waals surface area contributed by atoms with Crippen LogP contribution in [0, 0.1) is 0 Å². The Morgan fingerprint density at radius 2 is 2.14 bits per heavy atom. The van der Waals surface area contributed by atoms with Crippen LogP contribution in [0.2, 0.25) is 5.02 Å². The van der Waals surface area contributed by atoms with Crippen molar-refractivity contribution in [1.82, 2.24) is 0 Å². The minimum Gasteiger partial charge on any atom is -0.481 e. The monoisotopic (exact) mass is 210 g/mol. The molecule has 0 radical (unpaired) electrons. The third-order valence-electron chi connectivity index (χ3n) is 1.88. The molecule has 0 aliphatic heterocycles. The van der Waals surface area contributed by atoms with Crippen LogP contribution < -0.4 is 0 Å². The molecular weight excluding hydrogens is 200 g/mol. The summed E-state index contributed by atoms with van der Waals surface area (Å²) in [5.41, 5.74) is 1.77. The van der Waals surface area contributed by atoms with Crippen molar-refractivity contribution in [3.8, 4) is 0 Å². The molecule has 0 saturated heterocycles. The van der Waals surface area contributed by atoms with Crippen molar-refractivity contribution < 1.29 is 9.90 Å². The van der Waals surface area contributed by atoms with E-state index in [0.717, 1.165) is 11.1 Å². The summed E-state index contributed by atoms with van der Waals surface area (Å²) in [7, 11) is 0. The maximum Gasteiger partial charge on any atom is 0.307 e. The van der Waals surface area contributed by atoms with Gasteiger partial charge in [0, 0.05) is 5.02 Å². The molecule has 14 heavy (non-hydrogen) atoms. The number of carboxylic acids is 1. The maximum atomic E-state index is 10.3. The number of benzene rings is 1. The summed E-state index contributed by atoms with van der Waals surface area (Å²) in [6, 6.07) is 7.38. The van der Waals surface area contributed by atoms with Crippen LogP contribution in [0.1, 0.15) is 18.9 Å². The van der Waals surface area contributed by atoms with Crippen LogP contribution in [-0.2, 0) is 4.79 Å². The lowest BCUT2D eigenvalue weighted by Crippen LogP contribution is -1.91. The molecule has 2 nitrogen and oxygen atoms in total. The van der Waals surface area contributed by atoms with Gasteiger partial charge >= 0.3 is 5.97 Å². The Morgan fingerprint density at radius 3 is 2.71 bits per heavy atom. The van der Waals surface area contributed by atoms with Gasteiger partial charge in [-0.15, -0.1) is 0 Å². The Morgan fingerprint density at radius 1 is 1.50 bits per heavy atom. The number of aliphatic carboxylic acids is 1. The summed E-state index contributed by atoms with van der Waals surface area (Å²) in [5, 5.41) is 9.15. The summed E-state index contributed by atoms with van der Waals surface area (Å²) in [4.78, 5) is 10.3. The molecule has 0 unspecified atom stereocenters. The first-order valence-corrected chi connectivity index (χ1v) is 4.62. The van der Waals surface area contributed by atoms with E-state index < -0.39 is 5.97 Å². The van der Waals surface area contributed by atoms with Crippen molar-refractivity contribution in [1.29, 1.82) is 0 Å². The van der Waals surface area contributed by atoms with Gasteiger partial charge in [-0.25, -0.2) is 0 Å².